The van der Waals surface area contributed by atoms with Gasteiger partial charge < -0.3 is 14.8 Å². The molecule has 0 unspecified atom stereocenters. The fourth-order valence-electron chi connectivity index (χ4n) is 4.71. The summed E-state index contributed by atoms with van der Waals surface area (Å²) < 4.78 is 24.2. The molecule has 0 saturated heterocycles. The number of carbonyl (C=O) groups excluding carboxylic acids is 1. The van der Waals surface area contributed by atoms with Crippen molar-refractivity contribution in [3.63, 3.8) is 0 Å². The van der Waals surface area contributed by atoms with Crippen molar-refractivity contribution in [3.05, 3.63) is 53.1 Å². The number of fused-ring (bicyclic) bond motifs is 1. The zero-order valence-electron chi connectivity index (χ0n) is 21.2. The Kier molecular flexibility index (Phi) is 8.21. The van der Waals surface area contributed by atoms with Crippen LogP contribution in [0.4, 0.5) is 15.9 Å². The Hall–Kier alpha value is -2.93. The van der Waals surface area contributed by atoms with Crippen molar-refractivity contribution < 1.29 is 18.7 Å². The smallest absolute Gasteiger partial charge is 0.311 e. The molecule has 1 heterocycles. The number of aromatic nitrogens is 2. The third kappa shape index (κ3) is 6.60. The van der Waals surface area contributed by atoms with Gasteiger partial charge in [0.05, 0.1) is 30.2 Å². The van der Waals surface area contributed by atoms with Crippen LogP contribution in [-0.2, 0) is 16.0 Å². The number of aryl methyl sites for hydroxylation is 1. The highest BCUT2D eigenvalue weighted by atomic mass is 35.5. The molecule has 3 rings (SSSR count). The van der Waals surface area contributed by atoms with Crippen LogP contribution in [0.5, 0.6) is 5.75 Å². The molecule has 1 N–H and O–H groups in total. The lowest BCUT2D eigenvalue weighted by atomic mass is 9.72. The van der Waals surface area contributed by atoms with Crippen LogP contribution in [0.1, 0.15) is 52.5 Å². The third-order valence-electron chi connectivity index (χ3n) is 6.18. The van der Waals surface area contributed by atoms with Crippen LogP contribution < -0.4 is 10.1 Å². The second-order valence-corrected chi connectivity index (χ2v) is 10.6. The van der Waals surface area contributed by atoms with Crippen molar-refractivity contribution in [1.82, 2.24) is 9.97 Å². The van der Waals surface area contributed by atoms with Gasteiger partial charge in [-0.2, -0.15) is 0 Å². The standard InChI is InChI=1S/C27H33ClFN3O3/c1-26(2,15-27(3,4)25(33)35-6)11-7-8-17-12-19-22(14-23(17)34-5)30-16-31-24(19)32-18-9-10-21(29)20(28)13-18/h9-10,12-14,16H,7-8,11,15H2,1-6H3,(H,30,31,32). The number of carbonyl (C=O) groups is 1. The normalized spacial score (nSPS) is 12.0. The number of esters is 1. The summed E-state index contributed by atoms with van der Waals surface area (Å²) in [5.41, 5.74) is 1.82. The number of hydrogen-bond acceptors (Lipinski definition) is 6. The first-order valence-corrected chi connectivity index (χ1v) is 12.0. The molecule has 0 saturated carbocycles. The summed E-state index contributed by atoms with van der Waals surface area (Å²) in [4.78, 5) is 20.9. The van der Waals surface area contributed by atoms with E-state index in [1.54, 1.807) is 13.2 Å². The molecule has 1 aromatic heterocycles. The van der Waals surface area contributed by atoms with E-state index in [4.69, 9.17) is 21.1 Å². The number of benzene rings is 2. The number of halogens is 2. The predicted molar refractivity (Wildman–Crippen MR) is 138 cm³/mol. The van der Waals surface area contributed by atoms with E-state index in [9.17, 15) is 9.18 Å². The van der Waals surface area contributed by atoms with E-state index >= 15 is 0 Å². The molecule has 0 spiro atoms. The molecule has 0 atom stereocenters. The molecule has 6 nitrogen and oxygen atoms in total. The van der Waals surface area contributed by atoms with E-state index in [1.165, 1.54) is 25.6 Å². The number of nitrogens with zero attached hydrogens (tertiary/aromatic N) is 2. The number of nitrogens with one attached hydrogen (secondary N) is 1. The first-order valence-electron chi connectivity index (χ1n) is 11.6. The Labute approximate surface area is 211 Å². The molecule has 0 radical (unpaired) electrons. The van der Waals surface area contributed by atoms with Crippen LogP contribution in [0.25, 0.3) is 10.9 Å². The number of methoxy groups -OCH3 is 2. The Morgan fingerprint density at radius 3 is 2.51 bits per heavy atom. The molecule has 0 fully saturated rings. The maximum absolute atomic E-state index is 13.6. The number of ether oxygens (including phenoxy) is 2. The fraction of sp³-hybridized carbons (Fsp3) is 0.444. The van der Waals surface area contributed by atoms with Gasteiger partial charge in [-0.25, -0.2) is 14.4 Å². The van der Waals surface area contributed by atoms with Gasteiger partial charge in [0.25, 0.3) is 0 Å². The molecule has 0 aliphatic carbocycles. The van der Waals surface area contributed by atoms with Crippen LogP contribution in [-0.4, -0.2) is 30.2 Å². The summed E-state index contributed by atoms with van der Waals surface area (Å²) in [5.74, 6) is 0.695. The molecule has 0 aliphatic heterocycles. The van der Waals surface area contributed by atoms with E-state index in [2.05, 4.69) is 29.1 Å². The molecule has 3 aromatic rings. The van der Waals surface area contributed by atoms with E-state index in [-0.39, 0.29) is 16.4 Å². The summed E-state index contributed by atoms with van der Waals surface area (Å²) in [7, 11) is 3.08. The lowest BCUT2D eigenvalue weighted by Crippen LogP contribution is -2.31. The summed E-state index contributed by atoms with van der Waals surface area (Å²) in [6.07, 6.45) is 4.83. The maximum Gasteiger partial charge on any atom is 0.311 e. The van der Waals surface area contributed by atoms with Crippen molar-refractivity contribution in [1.29, 1.82) is 0 Å². The lowest BCUT2D eigenvalue weighted by Gasteiger charge is -2.33. The fourth-order valence-corrected chi connectivity index (χ4v) is 4.90. The first-order chi connectivity index (χ1) is 16.5. The monoisotopic (exact) mass is 501 g/mol. The molecular formula is C27H33ClFN3O3. The largest absolute Gasteiger partial charge is 0.496 e. The minimum absolute atomic E-state index is 0.0358. The molecule has 0 bridgehead atoms. The summed E-state index contributed by atoms with van der Waals surface area (Å²) in [6, 6.07) is 8.38. The zero-order chi connectivity index (χ0) is 25.8. The van der Waals surface area contributed by atoms with Gasteiger partial charge in [-0.05, 0) is 74.8 Å². The molecule has 35 heavy (non-hydrogen) atoms. The van der Waals surface area contributed by atoms with Crippen LogP contribution in [0, 0.1) is 16.6 Å². The summed E-state index contributed by atoms with van der Waals surface area (Å²) >= 11 is 5.93. The average molecular weight is 502 g/mol. The minimum Gasteiger partial charge on any atom is -0.496 e. The van der Waals surface area contributed by atoms with Gasteiger partial charge in [-0.3, -0.25) is 4.79 Å². The summed E-state index contributed by atoms with van der Waals surface area (Å²) in [6.45, 7) is 8.21. The van der Waals surface area contributed by atoms with E-state index in [0.29, 0.717) is 11.5 Å². The van der Waals surface area contributed by atoms with Gasteiger partial charge in [0, 0.05) is 17.1 Å². The Morgan fingerprint density at radius 2 is 1.86 bits per heavy atom. The van der Waals surface area contributed by atoms with Gasteiger partial charge in [0.15, 0.2) is 0 Å². The van der Waals surface area contributed by atoms with Crippen LogP contribution in [0.2, 0.25) is 5.02 Å². The molecule has 0 amide bonds. The minimum atomic E-state index is -0.542. The van der Waals surface area contributed by atoms with E-state index in [1.807, 2.05) is 26.0 Å². The number of hydrogen-bond donors (Lipinski definition) is 1. The van der Waals surface area contributed by atoms with E-state index < -0.39 is 11.2 Å². The summed E-state index contributed by atoms with van der Waals surface area (Å²) in [5, 5.41) is 4.08. The molecule has 2 aromatic carbocycles. The van der Waals surface area contributed by atoms with Crippen LogP contribution in [0.15, 0.2) is 36.7 Å². The van der Waals surface area contributed by atoms with Gasteiger partial charge in [-0.1, -0.05) is 25.4 Å². The highest BCUT2D eigenvalue weighted by molar-refractivity contribution is 6.31. The quantitative estimate of drug-likeness (QED) is 0.298. The highest BCUT2D eigenvalue weighted by Crippen LogP contribution is 2.39. The first kappa shape index (κ1) is 26.7. The van der Waals surface area contributed by atoms with Crippen molar-refractivity contribution in [3.8, 4) is 5.75 Å². The number of anilines is 2. The number of rotatable bonds is 10. The zero-order valence-corrected chi connectivity index (χ0v) is 21.9. The maximum atomic E-state index is 13.6. The van der Waals surface area contributed by atoms with Crippen molar-refractivity contribution in [2.24, 2.45) is 10.8 Å². The van der Waals surface area contributed by atoms with Gasteiger partial charge in [0.2, 0.25) is 0 Å². The topological polar surface area (TPSA) is 73.3 Å². The lowest BCUT2D eigenvalue weighted by molar-refractivity contribution is -0.152. The van der Waals surface area contributed by atoms with E-state index in [0.717, 1.165) is 47.9 Å². The molecule has 188 valence electrons. The van der Waals surface area contributed by atoms with Crippen molar-refractivity contribution >= 4 is 40.0 Å². The molecule has 8 heteroatoms. The second kappa shape index (κ2) is 10.8. The average Bonchev–Trinajstić information content (AvgIpc) is 2.80. The Morgan fingerprint density at radius 1 is 1.11 bits per heavy atom. The SMILES string of the molecule is COC(=O)C(C)(C)CC(C)(C)CCCc1cc2c(Nc3ccc(F)c(Cl)c3)ncnc2cc1OC. The predicted octanol–water partition coefficient (Wildman–Crippen LogP) is 7.11. The van der Waals surface area contributed by atoms with Gasteiger partial charge >= 0.3 is 5.97 Å². The molecular weight excluding hydrogens is 469 g/mol. The Bertz CT molecular complexity index is 1210. The van der Waals surface area contributed by atoms with Crippen molar-refractivity contribution in [2.45, 2.75) is 53.4 Å². The van der Waals surface area contributed by atoms with Gasteiger partial charge in [0.1, 0.15) is 23.7 Å². The highest BCUT2D eigenvalue weighted by Gasteiger charge is 2.35. The third-order valence-corrected chi connectivity index (χ3v) is 6.47. The van der Waals surface area contributed by atoms with Crippen LogP contribution in [0.3, 0.4) is 0 Å². The second-order valence-electron chi connectivity index (χ2n) is 10.2. The van der Waals surface area contributed by atoms with Crippen molar-refractivity contribution in [2.75, 3.05) is 19.5 Å². The molecule has 0 aliphatic rings. The van der Waals surface area contributed by atoms with Gasteiger partial charge in [-0.15, -0.1) is 0 Å². The van der Waals surface area contributed by atoms with Crippen LogP contribution >= 0.6 is 11.6 Å². The Balaban J connectivity index is 1.81.